The lowest BCUT2D eigenvalue weighted by Gasteiger charge is -2.24. The van der Waals surface area contributed by atoms with Crippen molar-refractivity contribution >= 4 is 23.0 Å². The van der Waals surface area contributed by atoms with E-state index in [0.717, 1.165) is 36.4 Å². The molecule has 3 aromatic rings. The molecular weight excluding hydrogens is 442 g/mol. The molecule has 3 rings (SSSR count). The molecule has 162 valence electrons. The zero-order valence-electron chi connectivity index (χ0n) is 15.5. The van der Waals surface area contributed by atoms with E-state index >= 15 is 0 Å². The van der Waals surface area contributed by atoms with Crippen molar-refractivity contribution in [3.8, 4) is 0 Å². The fraction of sp³-hybridized carbons (Fsp3) is 0.150. The Labute approximate surface area is 178 Å². The Morgan fingerprint density at radius 2 is 1.55 bits per heavy atom. The lowest BCUT2D eigenvalue weighted by Crippen LogP contribution is -2.34. The Hall–Kier alpha value is -3.21. The van der Waals surface area contributed by atoms with Gasteiger partial charge in [0, 0.05) is 12.4 Å². The van der Waals surface area contributed by atoms with Gasteiger partial charge in [-0.1, -0.05) is 12.1 Å². The summed E-state index contributed by atoms with van der Waals surface area (Å²) in [5, 5.41) is 5.43. The van der Waals surface area contributed by atoms with E-state index in [1.807, 2.05) is 0 Å². The molecule has 1 aromatic carbocycles. The van der Waals surface area contributed by atoms with E-state index in [4.69, 9.17) is 12.2 Å². The van der Waals surface area contributed by atoms with Crippen molar-refractivity contribution in [1.82, 2.24) is 15.3 Å². The molecule has 0 saturated carbocycles. The van der Waals surface area contributed by atoms with Crippen molar-refractivity contribution in [2.75, 3.05) is 5.32 Å². The molecule has 0 bridgehead atoms. The monoisotopic (exact) mass is 456 g/mol. The Balaban J connectivity index is 2.00. The third-order valence-electron chi connectivity index (χ3n) is 4.18. The highest BCUT2D eigenvalue weighted by Crippen LogP contribution is 2.36. The molecule has 0 amide bonds. The molecule has 0 radical (unpaired) electrons. The number of nitrogens with zero attached hydrogens (tertiary/aromatic N) is 2. The quantitative estimate of drug-likeness (QED) is 0.396. The number of pyridine rings is 2. The number of rotatable bonds is 4. The van der Waals surface area contributed by atoms with Crippen LogP contribution in [0.2, 0.25) is 0 Å². The van der Waals surface area contributed by atoms with Crippen molar-refractivity contribution in [2.45, 2.75) is 18.4 Å². The van der Waals surface area contributed by atoms with Gasteiger partial charge < -0.3 is 10.6 Å². The molecule has 0 aliphatic carbocycles. The minimum atomic E-state index is -4.73. The summed E-state index contributed by atoms with van der Waals surface area (Å²) in [6.07, 6.45) is -5.17. The minimum Gasteiger partial charge on any atom is -0.350 e. The summed E-state index contributed by atoms with van der Waals surface area (Å²) in [5.74, 6) is 0. The first-order valence-electron chi connectivity index (χ1n) is 8.72. The maximum absolute atomic E-state index is 13.6. The largest absolute Gasteiger partial charge is 0.418 e. The third-order valence-corrected chi connectivity index (χ3v) is 4.40. The fourth-order valence-corrected chi connectivity index (χ4v) is 3.03. The molecule has 0 unspecified atom stereocenters. The number of aromatic nitrogens is 2. The standard InChI is InChI=1S/C20H14F6N4S/c21-19(22,23)13-7-5-12(6-8-13)16(17-15(20(24,25)26)4-2-10-28-17)30-18(31)29-14-3-1-9-27-11-14/h1-11,16H,(H2,29,30,31)/t16-/m0/s1. The number of nitrogens with one attached hydrogen (secondary N) is 2. The summed E-state index contributed by atoms with van der Waals surface area (Å²) in [7, 11) is 0. The number of anilines is 1. The van der Waals surface area contributed by atoms with Crippen molar-refractivity contribution in [3.63, 3.8) is 0 Å². The second-order valence-corrected chi connectivity index (χ2v) is 6.74. The number of thiocarbonyl (C=S) groups is 1. The molecule has 2 heterocycles. The van der Waals surface area contributed by atoms with E-state index in [1.165, 1.54) is 18.6 Å². The minimum absolute atomic E-state index is 0.0586. The third kappa shape index (κ3) is 5.69. The van der Waals surface area contributed by atoms with Gasteiger partial charge in [-0.25, -0.2) is 0 Å². The van der Waals surface area contributed by atoms with Gasteiger partial charge in [-0.3, -0.25) is 9.97 Å². The predicted octanol–water partition coefficient (Wildman–Crippen LogP) is 5.59. The molecular formula is C20H14F6N4S. The number of hydrogen-bond donors (Lipinski definition) is 2. The van der Waals surface area contributed by atoms with Crippen LogP contribution in [0.3, 0.4) is 0 Å². The van der Waals surface area contributed by atoms with Gasteiger partial charge in [-0.15, -0.1) is 0 Å². The molecule has 0 aliphatic rings. The Morgan fingerprint density at radius 1 is 0.871 bits per heavy atom. The lowest BCUT2D eigenvalue weighted by molar-refractivity contribution is -0.139. The van der Waals surface area contributed by atoms with Crippen LogP contribution in [0.1, 0.15) is 28.4 Å². The molecule has 0 spiro atoms. The van der Waals surface area contributed by atoms with Crippen LogP contribution < -0.4 is 10.6 Å². The first-order chi connectivity index (χ1) is 14.6. The van der Waals surface area contributed by atoms with E-state index in [9.17, 15) is 26.3 Å². The van der Waals surface area contributed by atoms with Gasteiger partial charge in [0.2, 0.25) is 0 Å². The van der Waals surface area contributed by atoms with Crippen LogP contribution in [0.15, 0.2) is 67.1 Å². The Bertz CT molecular complexity index is 1040. The fourth-order valence-electron chi connectivity index (χ4n) is 2.80. The first kappa shape index (κ1) is 22.5. The zero-order valence-corrected chi connectivity index (χ0v) is 16.3. The van der Waals surface area contributed by atoms with Gasteiger partial charge in [-0.05, 0) is 54.2 Å². The van der Waals surface area contributed by atoms with Crippen molar-refractivity contribution in [3.05, 3.63) is 89.5 Å². The van der Waals surface area contributed by atoms with Crippen LogP contribution in [0.25, 0.3) is 0 Å². The predicted molar refractivity (Wildman–Crippen MR) is 106 cm³/mol. The van der Waals surface area contributed by atoms with Crippen LogP contribution in [-0.4, -0.2) is 15.1 Å². The van der Waals surface area contributed by atoms with E-state index in [1.54, 1.807) is 12.1 Å². The average molecular weight is 456 g/mol. The number of alkyl halides is 6. The summed E-state index contributed by atoms with van der Waals surface area (Å²) in [4.78, 5) is 7.74. The van der Waals surface area contributed by atoms with Crippen molar-refractivity contribution in [2.24, 2.45) is 0 Å². The van der Waals surface area contributed by atoms with Gasteiger partial charge in [-0.2, -0.15) is 26.3 Å². The van der Waals surface area contributed by atoms with Crippen LogP contribution >= 0.6 is 12.2 Å². The zero-order chi connectivity index (χ0) is 22.6. The Kier molecular flexibility index (Phi) is 6.44. The summed E-state index contributed by atoms with van der Waals surface area (Å²) < 4.78 is 79.4. The van der Waals surface area contributed by atoms with Gasteiger partial charge in [0.15, 0.2) is 5.11 Å². The highest BCUT2D eigenvalue weighted by molar-refractivity contribution is 7.80. The van der Waals surface area contributed by atoms with Crippen molar-refractivity contribution < 1.29 is 26.3 Å². The lowest BCUT2D eigenvalue weighted by atomic mass is 9.98. The van der Waals surface area contributed by atoms with E-state index in [0.29, 0.717) is 5.69 Å². The summed E-state index contributed by atoms with van der Waals surface area (Å²) in [6, 6.07) is 7.71. The topological polar surface area (TPSA) is 49.8 Å². The van der Waals surface area contributed by atoms with Crippen LogP contribution in [0, 0.1) is 0 Å². The van der Waals surface area contributed by atoms with E-state index < -0.39 is 35.2 Å². The summed E-state index contributed by atoms with van der Waals surface area (Å²) >= 11 is 5.19. The molecule has 11 heteroatoms. The molecule has 4 nitrogen and oxygen atoms in total. The molecule has 0 aliphatic heterocycles. The van der Waals surface area contributed by atoms with Gasteiger partial charge in [0.25, 0.3) is 0 Å². The van der Waals surface area contributed by atoms with Crippen molar-refractivity contribution in [1.29, 1.82) is 0 Å². The highest BCUT2D eigenvalue weighted by Gasteiger charge is 2.37. The normalized spacial score (nSPS) is 12.8. The first-order valence-corrected chi connectivity index (χ1v) is 9.13. The van der Waals surface area contributed by atoms with Crippen LogP contribution in [-0.2, 0) is 12.4 Å². The summed E-state index contributed by atoms with van der Waals surface area (Å²) in [5.41, 5.74) is -1.79. The maximum atomic E-state index is 13.6. The van der Waals surface area contributed by atoms with E-state index in [-0.39, 0.29) is 10.7 Å². The second kappa shape index (κ2) is 8.88. The molecule has 2 aromatic heterocycles. The van der Waals surface area contributed by atoms with Gasteiger partial charge in [0.05, 0.1) is 34.7 Å². The number of benzene rings is 1. The van der Waals surface area contributed by atoms with Crippen LogP contribution in [0.4, 0.5) is 32.0 Å². The number of hydrogen-bond acceptors (Lipinski definition) is 3. The molecule has 0 fully saturated rings. The SMILES string of the molecule is FC(F)(F)c1ccc([C@H](NC(=S)Nc2cccnc2)c2ncccc2C(F)(F)F)cc1. The van der Waals surface area contributed by atoms with Gasteiger partial charge in [0.1, 0.15) is 0 Å². The molecule has 0 saturated heterocycles. The van der Waals surface area contributed by atoms with Gasteiger partial charge >= 0.3 is 12.4 Å². The smallest absolute Gasteiger partial charge is 0.350 e. The second-order valence-electron chi connectivity index (χ2n) is 6.33. The average Bonchev–Trinajstić information content (AvgIpc) is 2.72. The summed E-state index contributed by atoms with van der Waals surface area (Å²) in [6.45, 7) is 0. The van der Waals surface area contributed by atoms with E-state index in [2.05, 4.69) is 20.6 Å². The number of halogens is 6. The molecule has 31 heavy (non-hydrogen) atoms. The molecule has 1 atom stereocenters. The Morgan fingerprint density at radius 3 is 2.13 bits per heavy atom. The van der Waals surface area contributed by atoms with Crippen LogP contribution in [0.5, 0.6) is 0 Å². The maximum Gasteiger partial charge on any atom is 0.418 e. The highest BCUT2D eigenvalue weighted by atomic mass is 32.1. The molecule has 2 N–H and O–H groups in total.